The van der Waals surface area contributed by atoms with Crippen molar-refractivity contribution >= 4 is 18.0 Å². The van der Waals surface area contributed by atoms with Crippen LogP contribution in [0, 0.1) is 5.92 Å². The van der Waals surface area contributed by atoms with E-state index in [0.717, 1.165) is 25.7 Å². The number of furan rings is 1. The molecule has 1 aliphatic heterocycles. The van der Waals surface area contributed by atoms with Crippen LogP contribution in [-0.2, 0) is 9.59 Å². The van der Waals surface area contributed by atoms with Crippen LogP contribution in [0.15, 0.2) is 28.9 Å². The number of amides is 1. The van der Waals surface area contributed by atoms with Crippen LogP contribution in [0.2, 0.25) is 0 Å². The molecule has 2 aliphatic rings. The van der Waals surface area contributed by atoms with Gasteiger partial charge in [0.1, 0.15) is 11.8 Å². The highest BCUT2D eigenvalue weighted by molar-refractivity contribution is 5.94. The maximum Gasteiger partial charge on any atom is 0.326 e. The molecule has 0 bridgehead atoms. The van der Waals surface area contributed by atoms with Crippen LogP contribution in [0.25, 0.3) is 6.08 Å². The number of nitrogens with zero attached hydrogens (tertiary/aromatic N) is 1. The van der Waals surface area contributed by atoms with E-state index in [1.165, 1.54) is 12.3 Å². The van der Waals surface area contributed by atoms with Gasteiger partial charge in [-0.05, 0) is 43.4 Å². The Morgan fingerprint density at radius 1 is 1.33 bits per heavy atom. The minimum Gasteiger partial charge on any atom is -0.480 e. The molecule has 2 heterocycles. The summed E-state index contributed by atoms with van der Waals surface area (Å²) in [5, 5.41) is 9.40. The first-order chi connectivity index (χ1) is 10.2. The molecule has 5 nitrogen and oxygen atoms in total. The summed E-state index contributed by atoms with van der Waals surface area (Å²) in [6.45, 7) is 0. The van der Waals surface area contributed by atoms with E-state index in [4.69, 9.17) is 4.42 Å². The molecule has 1 saturated heterocycles. The van der Waals surface area contributed by atoms with E-state index in [0.29, 0.717) is 18.1 Å². The van der Waals surface area contributed by atoms with E-state index in [9.17, 15) is 14.7 Å². The Kier molecular flexibility index (Phi) is 3.82. The van der Waals surface area contributed by atoms with Gasteiger partial charge < -0.3 is 14.4 Å². The molecule has 21 heavy (non-hydrogen) atoms. The van der Waals surface area contributed by atoms with Gasteiger partial charge in [-0.25, -0.2) is 4.79 Å². The Morgan fingerprint density at radius 2 is 2.14 bits per heavy atom. The van der Waals surface area contributed by atoms with E-state index in [2.05, 4.69) is 0 Å². The molecule has 3 unspecified atom stereocenters. The summed E-state index contributed by atoms with van der Waals surface area (Å²) in [6, 6.07) is 2.89. The molecule has 1 aromatic rings. The number of fused-ring (bicyclic) bond motifs is 1. The quantitative estimate of drug-likeness (QED) is 0.868. The number of carboxylic acid groups (broad SMARTS) is 1. The Hall–Kier alpha value is -2.04. The lowest BCUT2D eigenvalue weighted by molar-refractivity contribution is -0.147. The lowest BCUT2D eigenvalue weighted by atomic mass is 9.85. The van der Waals surface area contributed by atoms with E-state index in [1.807, 2.05) is 0 Å². The van der Waals surface area contributed by atoms with Crippen molar-refractivity contribution in [2.75, 3.05) is 0 Å². The number of carboxylic acids is 1. The Bertz CT molecular complexity index is 549. The Balaban J connectivity index is 1.79. The van der Waals surface area contributed by atoms with Crippen molar-refractivity contribution in [1.82, 2.24) is 4.90 Å². The minimum atomic E-state index is -0.899. The van der Waals surface area contributed by atoms with Gasteiger partial charge in [0.15, 0.2) is 0 Å². The van der Waals surface area contributed by atoms with Gasteiger partial charge in [0.05, 0.1) is 6.26 Å². The summed E-state index contributed by atoms with van der Waals surface area (Å²) in [7, 11) is 0. The number of hydrogen-bond donors (Lipinski definition) is 1. The maximum atomic E-state index is 12.4. The average Bonchev–Trinajstić information content (AvgIpc) is 3.11. The number of hydrogen-bond acceptors (Lipinski definition) is 3. The fourth-order valence-electron chi connectivity index (χ4n) is 3.62. The van der Waals surface area contributed by atoms with Gasteiger partial charge in [-0.2, -0.15) is 0 Å². The summed E-state index contributed by atoms with van der Waals surface area (Å²) < 4.78 is 5.15. The van der Waals surface area contributed by atoms with E-state index < -0.39 is 12.0 Å². The van der Waals surface area contributed by atoms with Gasteiger partial charge in [0.2, 0.25) is 5.91 Å². The molecule has 3 rings (SSSR count). The van der Waals surface area contributed by atoms with Crippen molar-refractivity contribution in [3.63, 3.8) is 0 Å². The summed E-state index contributed by atoms with van der Waals surface area (Å²) in [6.07, 6.45) is 9.28. The molecule has 112 valence electrons. The van der Waals surface area contributed by atoms with Crippen LogP contribution in [0.4, 0.5) is 0 Å². The van der Waals surface area contributed by atoms with Crippen molar-refractivity contribution in [3.05, 3.63) is 30.2 Å². The Morgan fingerprint density at radius 3 is 2.86 bits per heavy atom. The van der Waals surface area contributed by atoms with Crippen LogP contribution in [0.1, 0.15) is 37.9 Å². The van der Waals surface area contributed by atoms with Gasteiger partial charge in [-0.1, -0.05) is 12.8 Å². The zero-order valence-electron chi connectivity index (χ0n) is 11.8. The smallest absolute Gasteiger partial charge is 0.326 e. The molecule has 1 N–H and O–H groups in total. The zero-order chi connectivity index (χ0) is 14.8. The standard InChI is InChI=1S/C16H19NO4/c18-15(8-7-12-5-3-9-21-12)17-13-6-2-1-4-11(13)10-14(17)16(19)20/h3,5,7-9,11,13-14H,1-2,4,6,10H2,(H,19,20)/b8-7+. The lowest BCUT2D eigenvalue weighted by Gasteiger charge is -2.32. The number of carbonyl (C=O) groups is 2. The predicted molar refractivity (Wildman–Crippen MR) is 76.4 cm³/mol. The average molecular weight is 289 g/mol. The van der Waals surface area contributed by atoms with E-state index in [-0.39, 0.29) is 11.9 Å². The highest BCUT2D eigenvalue weighted by Gasteiger charge is 2.46. The summed E-state index contributed by atoms with van der Waals surface area (Å²) in [5.41, 5.74) is 0. The molecule has 1 saturated carbocycles. The van der Waals surface area contributed by atoms with E-state index in [1.54, 1.807) is 23.1 Å². The van der Waals surface area contributed by atoms with Gasteiger partial charge in [0, 0.05) is 12.1 Å². The molecule has 0 spiro atoms. The van der Waals surface area contributed by atoms with Crippen LogP contribution < -0.4 is 0 Å². The highest BCUT2D eigenvalue weighted by Crippen LogP contribution is 2.39. The molecule has 3 atom stereocenters. The van der Waals surface area contributed by atoms with Crippen molar-refractivity contribution in [3.8, 4) is 0 Å². The van der Waals surface area contributed by atoms with Gasteiger partial charge in [0.25, 0.3) is 0 Å². The van der Waals surface area contributed by atoms with Crippen molar-refractivity contribution in [2.24, 2.45) is 5.92 Å². The van der Waals surface area contributed by atoms with Crippen LogP contribution in [0.5, 0.6) is 0 Å². The third kappa shape index (κ3) is 2.73. The normalized spacial score (nSPS) is 28.8. The van der Waals surface area contributed by atoms with Crippen LogP contribution >= 0.6 is 0 Å². The first-order valence-corrected chi connectivity index (χ1v) is 7.43. The SMILES string of the molecule is O=C(O)C1CC2CCCCC2N1C(=O)/C=C/c1ccco1. The number of rotatable bonds is 3. The molecule has 1 aromatic heterocycles. The lowest BCUT2D eigenvalue weighted by Crippen LogP contribution is -2.45. The third-order valence-electron chi connectivity index (χ3n) is 4.56. The van der Waals surface area contributed by atoms with E-state index >= 15 is 0 Å². The first kappa shape index (κ1) is 13.9. The van der Waals surface area contributed by atoms with Gasteiger partial charge in [-0.3, -0.25) is 4.79 Å². The van der Waals surface area contributed by atoms with Crippen molar-refractivity contribution in [2.45, 2.75) is 44.2 Å². The first-order valence-electron chi connectivity index (χ1n) is 7.43. The fraction of sp³-hybridized carbons (Fsp3) is 0.500. The number of likely N-dealkylation sites (tertiary alicyclic amines) is 1. The predicted octanol–water partition coefficient (Wildman–Crippen LogP) is 2.54. The highest BCUT2D eigenvalue weighted by atomic mass is 16.4. The maximum absolute atomic E-state index is 12.4. The summed E-state index contributed by atoms with van der Waals surface area (Å²) in [4.78, 5) is 25.5. The number of carbonyl (C=O) groups excluding carboxylic acids is 1. The monoisotopic (exact) mass is 289 g/mol. The molecule has 0 radical (unpaired) electrons. The molecule has 0 aromatic carbocycles. The largest absolute Gasteiger partial charge is 0.480 e. The van der Waals surface area contributed by atoms with Gasteiger partial charge in [-0.15, -0.1) is 0 Å². The molecule has 1 aliphatic carbocycles. The zero-order valence-corrected chi connectivity index (χ0v) is 11.8. The summed E-state index contributed by atoms with van der Waals surface area (Å²) >= 11 is 0. The fourth-order valence-corrected chi connectivity index (χ4v) is 3.62. The molecule has 1 amide bonds. The second-order valence-electron chi connectivity index (χ2n) is 5.80. The number of aliphatic carboxylic acids is 1. The van der Waals surface area contributed by atoms with Crippen molar-refractivity contribution < 1.29 is 19.1 Å². The van der Waals surface area contributed by atoms with Crippen LogP contribution in [0.3, 0.4) is 0 Å². The molecular formula is C16H19NO4. The Labute approximate surface area is 123 Å². The molecule has 2 fully saturated rings. The second-order valence-corrected chi connectivity index (χ2v) is 5.80. The second kappa shape index (κ2) is 5.76. The van der Waals surface area contributed by atoms with Crippen LogP contribution in [-0.4, -0.2) is 34.0 Å². The third-order valence-corrected chi connectivity index (χ3v) is 4.56. The molecule has 5 heteroatoms. The van der Waals surface area contributed by atoms with Gasteiger partial charge >= 0.3 is 5.97 Å². The topological polar surface area (TPSA) is 70.8 Å². The molecular weight excluding hydrogens is 270 g/mol. The summed E-state index contributed by atoms with van der Waals surface area (Å²) in [5.74, 6) is -0.201. The minimum absolute atomic E-state index is 0.0774. The van der Waals surface area contributed by atoms with Crippen molar-refractivity contribution in [1.29, 1.82) is 0 Å².